The maximum atomic E-state index is 12.2. The van der Waals surface area contributed by atoms with E-state index >= 15 is 0 Å². The minimum absolute atomic E-state index is 0.0262. The number of nitrogens with zero attached hydrogens (tertiary/aromatic N) is 1. The summed E-state index contributed by atoms with van der Waals surface area (Å²) >= 11 is 0. The van der Waals surface area contributed by atoms with Crippen molar-refractivity contribution in [2.45, 2.75) is 46.1 Å². The molecule has 1 amide bonds. The van der Waals surface area contributed by atoms with Gasteiger partial charge in [0.05, 0.1) is 12.6 Å². The lowest BCUT2D eigenvalue weighted by atomic mass is 10.0. The van der Waals surface area contributed by atoms with Crippen LogP contribution >= 0.6 is 0 Å². The van der Waals surface area contributed by atoms with Gasteiger partial charge in [-0.3, -0.25) is 0 Å². The predicted molar refractivity (Wildman–Crippen MR) is 64.6 cm³/mol. The van der Waals surface area contributed by atoms with Crippen LogP contribution in [0.5, 0.6) is 0 Å². The zero-order valence-corrected chi connectivity index (χ0v) is 10.4. The molecule has 0 bridgehead atoms. The molecule has 1 N–H and O–H groups in total. The topological polar surface area (TPSA) is 49.8 Å². The summed E-state index contributed by atoms with van der Waals surface area (Å²) in [6.45, 7) is -0.779. The number of hydrogen-bond donors (Lipinski definition) is 1. The van der Waals surface area contributed by atoms with E-state index < -0.39 is 55.3 Å². The van der Waals surface area contributed by atoms with Gasteiger partial charge in [0.15, 0.2) is 0 Å². The van der Waals surface area contributed by atoms with Crippen LogP contribution in [0.1, 0.15) is 42.7 Å². The van der Waals surface area contributed by atoms with Crippen molar-refractivity contribution in [3.63, 3.8) is 0 Å². The first kappa shape index (κ1) is 6.98. The van der Waals surface area contributed by atoms with Crippen LogP contribution in [-0.2, 0) is 4.74 Å². The summed E-state index contributed by atoms with van der Waals surface area (Å²) in [6, 6.07) is -0.851. The molecule has 1 saturated carbocycles. The number of likely N-dealkylation sites (tertiary alicyclic amines) is 1. The summed E-state index contributed by atoms with van der Waals surface area (Å²) in [5, 5.41) is 9.63. The second-order valence-corrected chi connectivity index (χ2v) is 5.88. The standard InChI is InChI=1S/C13H23NO3/c1-12(2,3)17-11(16)14-6-8-10(9(14)7-15)13(8,4)5/h8-10,15H,6-7H2,1-5H3/t8-,9+,10-/m0/s1/i4D3,5D3. The summed E-state index contributed by atoms with van der Waals surface area (Å²) in [7, 11) is 0. The Morgan fingerprint density at radius 3 is 2.71 bits per heavy atom. The van der Waals surface area contributed by atoms with Crippen molar-refractivity contribution in [2.24, 2.45) is 17.3 Å². The van der Waals surface area contributed by atoms with E-state index in [4.69, 9.17) is 13.0 Å². The van der Waals surface area contributed by atoms with Crippen molar-refractivity contribution in [3.8, 4) is 0 Å². The minimum atomic E-state index is -2.68. The first-order valence-corrected chi connectivity index (χ1v) is 5.79. The Hall–Kier alpha value is -0.770. The molecule has 1 aliphatic carbocycles. The lowest BCUT2D eigenvalue weighted by molar-refractivity contribution is 0.00960. The van der Waals surface area contributed by atoms with E-state index in [9.17, 15) is 9.90 Å². The molecular weight excluding hydrogens is 218 g/mol. The Balaban J connectivity index is 2.28. The Morgan fingerprint density at radius 2 is 2.24 bits per heavy atom. The van der Waals surface area contributed by atoms with Gasteiger partial charge in [-0.15, -0.1) is 0 Å². The molecule has 1 saturated heterocycles. The molecule has 1 heterocycles. The Kier molecular flexibility index (Phi) is 1.48. The van der Waals surface area contributed by atoms with Crippen molar-refractivity contribution >= 4 is 6.09 Å². The highest BCUT2D eigenvalue weighted by Crippen LogP contribution is 2.64. The van der Waals surface area contributed by atoms with Gasteiger partial charge >= 0.3 is 6.09 Å². The smallest absolute Gasteiger partial charge is 0.410 e. The summed E-state index contributed by atoms with van der Waals surface area (Å²) in [5.74, 6) is -1.47. The van der Waals surface area contributed by atoms with Gasteiger partial charge in [0.1, 0.15) is 5.60 Å². The van der Waals surface area contributed by atoms with Crippen LogP contribution < -0.4 is 0 Å². The van der Waals surface area contributed by atoms with E-state index in [2.05, 4.69) is 0 Å². The van der Waals surface area contributed by atoms with Gasteiger partial charge in [-0.05, 0) is 38.0 Å². The number of rotatable bonds is 1. The summed E-state index contributed by atoms with van der Waals surface area (Å²) < 4.78 is 51.4. The zero-order chi connectivity index (χ0) is 18.0. The van der Waals surface area contributed by atoms with Crippen LogP contribution in [0.25, 0.3) is 0 Å². The van der Waals surface area contributed by atoms with E-state index in [1.807, 2.05) is 0 Å². The van der Waals surface area contributed by atoms with Crippen molar-refractivity contribution in [2.75, 3.05) is 13.2 Å². The van der Waals surface area contributed by atoms with Gasteiger partial charge in [0, 0.05) is 14.8 Å². The van der Waals surface area contributed by atoms with E-state index in [1.165, 1.54) is 4.90 Å². The molecule has 0 aromatic heterocycles. The second-order valence-electron chi connectivity index (χ2n) is 5.88. The van der Waals surface area contributed by atoms with Gasteiger partial charge < -0.3 is 14.7 Å². The van der Waals surface area contributed by atoms with Crippen molar-refractivity contribution in [1.29, 1.82) is 0 Å². The highest BCUT2D eigenvalue weighted by Gasteiger charge is 2.67. The van der Waals surface area contributed by atoms with Crippen LogP contribution in [0.3, 0.4) is 0 Å². The molecule has 0 radical (unpaired) electrons. The average molecular weight is 247 g/mol. The number of ether oxygens (including phenoxy) is 1. The molecule has 1 aliphatic heterocycles. The lowest BCUT2D eigenvalue weighted by Crippen LogP contribution is -2.45. The quantitative estimate of drug-likeness (QED) is 0.769. The molecule has 0 spiro atoms. The maximum Gasteiger partial charge on any atom is 0.410 e. The predicted octanol–water partition coefficient (Wildman–Crippen LogP) is 1.87. The van der Waals surface area contributed by atoms with Gasteiger partial charge in [-0.25, -0.2) is 4.79 Å². The molecule has 0 unspecified atom stereocenters. The number of amides is 1. The van der Waals surface area contributed by atoms with Crippen LogP contribution in [0.4, 0.5) is 4.79 Å². The van der Waals surface area contributed by atoms with Gasteiger partial charge in [-0.2, -0.15) is 0 Å². The van der Waals surface area contributed by atoms with Crippen molar-refractivity contribution < 1.29 is 22.9 Å². The third-order valence-electron chi connectivity index (χ3n) is 3.46. The van der Waals surface area contributed by atoms with E-state index in [-0.39, 0.29) is 6.54 Å². The Morgan fingerprint density at radius 1 is 1.59 bits per heavy atom. The summed E-state index contributed by atoms with van der Waals surface area (Å²) in [6.07, 6.45) is -0.659. The number of carbonyl (C=O) groups excluding carboxylic acids is 1. The van der Waals surface area contributed by atoms with E-state index in [0.717, 1.165) is 0 Å². The molecule has 17 heavy (non-hydrogen) atoms. The van der Waals surface area contributed by atoms with E-state index in [0.29, 0.717) is 0 Å². The zero-order valence-electron chi connectivity index (χ0n) is 16.4. The van der Waals surface area contributed by atoms with Gasteiger partial charge in [0.2, 0.25) is 0 Å². The second kappa shape index (κ2) is 3.61. The molecule has 0 aromatic rings. The van der Waals surface area contributed by atoms with Crippen LogP contribution in [-0.4, -0.2) is 40.9 Å². The normalized spacial score (nSPS) is 41.2. The Labute approximate surface area is 111 Å². The third-order valence-corrected chi connectivity index (χ3v) is 3.46. The van der Waals surface area contributed by atoms with Crippen LogP contribution in [0.15, 0.2) is 0 Å². The fourth-order valence-corrected chi connectivity index (χ4v) is 2.60. The maximum absolute atomic E-state index is 12.2. The number of hydrogen-bond acceptors (Lipinski definition) is 3. The molecule has 4 nitrogen and oxygen atoms in total. The SMILES string of the molecule is [2H]C([2H])([2H])C1(C([2H])([2H])[2H])[C@@H]2[C@@H](CO)N(C(=O)OC(C)(C)C)C[C@@H]21. The van der Waals surface area contributed by atoms with Gasteiger partial charge in [0.25, 0.3) is 0 Å². The lowest BCUT2D eigenvalue weighted by Gasteiger charge is -2.31. The highest BCUT2D eigenvalue weighted by atomic mass is 16.6. The molecule has 0 aromatic carbocycles. The monoisotopic (exact) mass is 247 g/mol. The van der Waals surface area contributed by atoms with Crippen molar-refractivity contribution in [1.82, 2.24) is 4.90 Å². The molecule has 2 fully saturated rings. The summed E-state index contributed by atoms with van der Waals surface area (Å²) in [5.41, 5.74) is -2.58. The highest BCUT2D eigenvalue weighted by molar-refractivity contribution is 5.69. The molecule has 2 rings (SSSR count). The third kappa shape index (κ3) is 2.03. The minimum Gasteiger partial charge on any atom is -0.444 e. The Bertz CT molecular complexity index is 481. The molecular formula is C13H23NO3. The average Bonchev–Trinajstić information content (AvgIpc) is 2.83. The first-order valence-electron chi connectivity index (χ1n) is 8.79. The number of carbonyl (C=O) groups is 1. The van der Waals surface area contributed by atoms with Gasteiger partial charge in [-0.1, -0.05) is 13.7 Å². The number of aliphatic hydroxyl groups excluding tert-OH is 1. The molecule has 3 atom stereocenters. The fraction of sp³-hybridized carbons (Fsp3) is 0.923. The summed E-state index contributed by atoms with van der Waals surface area (Å²) in [4.78, 5) is 13.5. The fourth-order valence-electron chi connectivity index (χ4n) is 2.60. The number of piperidine rings is 1. The molecule has 98 valence electrons. The largest absolute Gasteiger partial charge is 0.444 e. The number of fused-ring (bicyclic) bond motifs is 1. The molecule has 2 aliphatic rings. The number of aliphatic hydroxyl groups is 1. The van der Waals surface area contributed by atoms with Crippen LogP contribution in [0, 0.1) is 17.3 Å². The first-order chi connectivity index (χ1) is 10.2. The van der Waals surface area contributed by atoms with E-state index in [1.54, 1.807) is 20.8 Å². The van der Waals surface area contributed by atoms with Crippen molar-refractivity contribution in [3.05, 3.63) is 0 Å². The van der Waals surface area contributed by atoms with Crippen LogP contribution in [0.2, 0.25) is 0 Å². The molecule has 4 heteroatoms.